The zero-order valence-electron chi connectivity index (χ0n) is 10.8. The van der Waals surface area contributed by atoms with Gasteiger partial charge in [-0.05, 0) is 23.9 Å². The molecule has 1 fully saturated rings. The van der Waals surface area contributed by atoms with Gasteiger partial charge in [-0.2, -0.15) is 4.99 Å². The van der Waals surface area contributed by atoms with Crippen molar-refractivity contribution >= 4 is 28.9 Å². The average molecular weight is 278 g/mol. The number of nitrogens with zero attached hydrogens (tertiary/aromatic N) is 2. The van der Waals surface area contributed by atoms with Gasteiger partial charge >= 0.3 is 0 Å². The van der Waals surface area contributed by atoms with Crippen LogP contribution in [0, 0.1) is 0 Å². The second-order valence-corrected chi connectivity index (χ2v) is 5.78. The number of thioether (sulfide) groups is 1. The second-order valence-electron chi connectivity index (χ2n) is 4.77. The molecule has 0 saturated carbocycles. The highest BCUT2D eigenvalue weighted by molar-refractivity contribution is 8.18. The first-order chi connectivity index (χ1) is 9.22. The molecule has 19 heavy (non-hydrogen) atoms. The number of rotatable bonds is 1. The minimum atomic E-state index is -0.164. The molecule has 0 atom stereocenters. The van der Waals surface area contributed by atoms with Crippen LogP contribution in [0.5, 0.6) is 0 Å². The summed E-state index contributed by atoms with van der Waals surface area (Å²) < 4.78 is 5.23. The molecule has 3 rings (SSSR count). The van der Waals surface area contributed by atoms with Crippen molar-refractivity contribution in [3.8, 4) is 0 Å². The van der Waals surface area contributed by atoms with Crippen LogP contribution in [-0.2, 0) is 4.79 Å². The summed E-state index contributed by atoms with van der Waals surface area (Å²) in [6.07, 6.45) is 3.35. The van der Waals surface area contributed by atoms with Crippen molar-refractivity contribution in [2.24, 2.45) is 4.99 Å². The van der Waals surface area contributed by atoms with Crippen LogP contribution in [0.4, 0.5) is 0 Å². The van der Waals surface area contributed by atoms with Crippen molar-refractivity contribution in [1.29, 1.82) is 0 Å². The van der Waals surface area contributed by atoms with E-state index in [2.05, 4.69) is 16.9 Å². The van der Waals surface area contributed by atoms with E-state index in [1.807, 2.05) is 12.1 Å². The summed E-state index contributed by atoms with van der Waals surface area (Å²) in [5.74, 6) is 0.526. The maximum atomic E-state index is 11.9. The quantitative estimate of drug-likeness (QED) is 0.739. The normalized spacial score (nSPS) is 23.2. The second kappa shape index (κ2) is 5.22. The van der Waals surface area contributed by atoms with E-state index in [9.17, 15) is 4.79 Å². The summed E-state index contributed by atoms with van der Waals surface area (Å²) in [7, 11) is 2.19. The number of carbonyl (C=O) groups is 1. The number of aliphatic imine (C=N–C) groups is 1. The highest BCUT2D eigenvalue weighted by Crippen LogP contribution is 2.30. The van der Waals surface area contributed by atoms with Crippen LogP contribution in [0.3, 0.4) is 0 Å². The monoisotopic (exact) mass is 278 g/mol. The summed E-state index contributed by atoms with van der Waals surface area (Å²) in [6, 6.07) is 3.64. The molecule has 1 amide bonds. The Labute approximate surface area is 116 Å². The predicted molar refractivity (Wildman–Crippen MR) is 74.9 cm³/mol. The largest absolute Gasteiger partial charge is 0.465 e. The lowest BCUT2D eigenvalue weighted by Gasteiger charge is -2.30. The highest BCUT2D eigenvalue weighted by Gasteiger charge is 2.28. The molecule has 2 aliphatic heterocycles. The van der Waals surface area contributed by atoms with Crippen LogP contribution in [0.1, 0.15) is 5.76 Å². The van der Waals surface area contributed by atoms with Crippen LogP contribution in [0.2, 0.25) is 0 Å². The summed E-state index contributed by atoms with van der Waals surface area (Å²) in [5.41, 5.74) is 0. The molecule has 2 aliphatic rings. The molecule has 1 aromatic heterocycles. The molecular weight excluding hydrogens is 262 g/mol. The van der Waals surface area contributed by atoms with Crippen molar-refractivity contribution in [3.63, 3.8) is 0 Å². The fraction of sp³-hybridized carbons (Fsp3) is 0.385. The number of hydrogen-bond donors (Lipinski definition) is 1. The van der Waals surface area contributed by atoms with Crippen molar-refractivity contribution in [2.45, 2.75) is 0 Å². The number of amides is 1. The van der Waals surface area contributed by atoms with Crippen molar-refractivity contribution in [3.05, 3.63) is 29.1 Å². The molecule has 0 bridgehead atoms. The number of quaternary nitrogens is 1. The fourth-order valence-electron chi connectivity index (χ4n) is 2.12. The number of nitrogens with one attached hydrogen (secondary N) is 1. The lowest BCUT2D eigenvalue weighted by molar-refractivity contribution is -0.883. The van der Waals surface area contributed by atoms with E-state index in [4.69, 9.17) is 4.42 Å². The van der Waals surface area contributed by atoms with E-state index >= 15 is 0 Å². The van der Waals surface area contributed by atoms with Gasteiger partial charge in [-0.1, -0.05) is 0 Å². The lowest BCUT2D eigenvalue weighted by Crippen LogP contribution is -3.12. The van der Waals surface area contributed by atoms with Gasteiger partial charge in [0.25, 0.3) is 5.91 Å². The van der Waals surface area contributed by atoms with Gasteiger partial charge in [-0.25, -0.2) is 0 Å². The third-order valence-corrected chi connectivity index (χ3v) is 4.36. The average Bonchev–Trinajstić information content (AvgIpc) is 3.02. The number of carbonyl (C=O) groups excluding carboxylic acids is 1. The van der Waals surface area contributed by atoms with E-state index in [-0.39, 0.29) is 5.91 Å². The number of piperazine rings is 1. The SMILES string of the molecule is C[NH+]1CCN(C2=NC(=O)/C(=C/c3ccco3)S2)CC1. The Morgan fingerprint density at radius 2 is 2.26 bits per heavy atom. The smallest absolute Gasteiger partial charge is 0.286 e. The Morgan fingerprint density at radius 3 is 2.95 bits per heavy atom. The molecule has 1 aromatic rings. The zero-order valence-corrected chi connectivity index (χ0v) is 11.6. The molecule has 6 heteroatoms. The van der Waals surface area contributed by atoms with Gasteiger partial charge < -0.3 is 14.2 Å². The molecular formula is C13H16N3O2S+. The Hall–Kier alpha value is -1.53. The van der Waals surface area contributed by atoms with E-state index in [0.29, 0.717) is 10.7 Å². The van der Waals surface area contributed by atoms with Crippen LogP contribution >= 0.6 is 11.8 Å². The summed E-state index contributed by atoms with van der Waals surface area (Å²) in [4.78, 5) is 20.4. The third-order valence-electron chi connectivity index (χ3n) is 3.31. The topological polar surface area (TPSA) is 50.2 Å². The Bertz CT molecular complexity index is 528. The van der Waals surface area contributed by atoms with Crippen molar-refractivity contribution in [2.75, 3.05) is 33.2 Å². The van der Waals surface area contributed by atoms with Gasteiger partial charge in [-0.15, -0.1) is 0 Å². The Balaban J connectivity index is 1.70. The van der Waals surface area contributed by atoms with E-state index in [0.717, 1.165) is 31.3 Å². The van der Waals surface area contributed by atoms with E-state index in [1.54, 1.807) is 12.3 Å². The van der Waals surface area contributed by atoms with Gasteiger partial charge in [-0.3, -0.25) is 4.79 Å². The number of hydrogen-bond acceptors (Lipinski definition) is 4. The van der Waals surface area contributed by atoms with E-state index in [1.165, 1.54) is 16.7 Å². The molecule has 1 N–H and O–H groups in total. The molecule has 100 valence electrons. The fourth-order valence-corrected chi connectivity index (χ4v) is 3.06. The van der Waals surface area contributed by atoms with Crippen molar-refractivity contribution < 1.29 is 14.1 Å². The lowest BCUT2D eigenvalue weighted by atomic mass is 10.3. The molecule has 0 aliphatic carbocycles. The molecule has 3 heterocycles. The van der Waals surface area contributed by atoms with Crippen LogP contribution in [-0.4, -0.2) is 49.2 Å². The van der Waals surface area contributed by atoms with Gasteiger partial charge in [0, 0.05) is 6.08 Å². The van der Waals surface area contributed by atoms with Gasteiger partial charge in [0.05, 0.1) is 44.4 Å². The maximum Gasteiger partial charge on any atom is 0.286 e. The summed E-state index contributed by atoms with van der Waals surface area (Å²) >= 11 is 1.44. The van der Waals surface area contributed by atoms with E-state index < -0.39 is 0 Å². The highest BCUT2D eigenvalue weighted by atomic mass is 32.2. The van der Waals surface area contributed by atoms with Gasteiger partial charge in [0.1, 0.15) is 5.76 Å². The number of likely N-dealkylation sites (N-methyl/N-ethyl adjacent to an activating group) is 1. The summed E-state index contributed by atoms with van der Waals surface area (Å²) in [6.45, 7) is 4.09. The first-order valence-electron chi connectivity index (χ1n) is 6.35. The van der Waals surface area contributed by atoms with Gasteiger partial charge in [0.15, 0.2) is 5.17 Å². The first kappa shape index (κ1) is 12.5. The molecule has 5 nitrogen and oxygen atoms in total. The maximum absolute atomic E-state index is 11.9. The molecule has 1 saturated heterocycles. The zero-order chi connectivity index (χ0) is 13.2. The Kier molecular flexibility index (Phi) is 3.44. The Morgan fingerprint density at radius 1 is 1.47 bits per heavy atom. The first-order valence-corrected chi connectivity index (χ1v) is 7.16. The molecule has 0 spiro atoms. The number of amidine groups is 1. The van der Waals surface area contributed by atoms with Crippen LogP contribution in [0.25, 0.3) is 6.08 Å². The summed E-state index contributed by atoms with van der Waals surface area (Å²) in [5, 5.41) is 0.829. The van der Waals surface area contributed by atoms with Crippen LogP contribution in [0.15, 0.2) is 32.7 Å². The third kappa shape index (κ3) is 2.74. The van der Waals surface area contributed by atoms with Crippen molar-refractivity contribution in [1.82, 2.24) is 4.90 Å². The minimum Gasteiger partial charge on any atom is -0.465 e. The number of furan rings is 1. The molecule has 0 unspecified atom stereocenters. The predicted octanol–water partition coefficient (Wildman–Crippen LogP) is 0.0802. The standard InChI is InChI=1S/C13H15N3O2S/c1-15-4-6-16(7-5-15)13-14-12(17)11(19-13)9-10-3-2-8-18-10/h2-3,8-9H,4-7H2,1H3/p+1/b11-9-. The molecule has 0 radical (unpaired) electrons. The minimum absolute atomic E-state index is 0.164. The van der Waals surface area contributed by atoms with Crippen LogP contribution < -0.4 is 4.90 Å². The molecule has 0 aromatic carbocycles. The van der Waals surface area contributed by atoms with Gasteiger partial charge in [0.2, 0.25) is 0 Å².